The van der Waals surface area contributed by atoms with Crippen molar-refractivity contribution in [1.29, 1.82) is 0 Å². The number of amidine groups is 1. The lowest BCUT2D eigenvalue weighted by molar-refractivity contribution is -0.144. The van der Waals surface area contributed by atoms with Gasteiger partial charge in [-0.25, -0.2) is 4.79 Å². The molecule has 3 rings (SSSR count). The first-order valence-electron chi connectivity index (χ1n) is 8.30. The van der Waals surface area contributed by atoms with Gasteiger partial charge < -0.3 is 14.7 Å². The monoisotopic (exact) mass is 360 g/mol. The van der Waals surface area contributed by atoms with Crippen molar-refractivity contribution in [3.05, 3.63) is 34.7 Å². The number of aliphatic imine (C=N–C) groups is 1. The molecule has 0 bridgehead atoms. The Hall–Kier alpha value is -2.28. The Labute approximate surface area is 150 Å². The summed E-state index contributed by atoms with van der Waals surface area (Å²) in [5, 5.41) is 9.71. The Bertz CT molecular complexity index is 738. The Morgan fingerprint density at radius 2 is 2.12 bits per heavy atom. The predicted octanol–water partition coefficient (Wildman–Crippen LogP) is 2.99. The van der Waals surface area contributed by atoms with Crippen molar-refractivity contribution in [3.63, 3.8) is 0 Å². The maximum atomic E-state index is 12.2. The van der Waals surface area contributed by atoms with Crippen LogP contribution >= 0.6 is 11.8 Å². The van der Waals surface area contributed by atoms with E-state index in [1.54, 1.807) is 24.3 Å². The van der Waals surface area contributed by atoms with Gasteiger partial charge in [0.1, 0.15) is 5.75 Å². The topological polar surface area (TPSA) is 79.2 Å². The fourth-order valence-corrected chi connectivity index (χ4v) is 3.67. The number of benzene rings is 1. The molecule has 0 unspecified atom stereocenters. The number of nitrogens with zero attached hydrogens (tertiary/aromatic N) is 2. The molecule has 2 aliphatic rings. The van der Waals surface area contributed by atoms with Crippen LogP contribution in [0.4, 0.5) is 0 Å². The maximum Gasteiger partial charge on any atom is 0.344 e. The molecule has 1 fully saturated rings. The number of carbonyl (C=O) groups excluding carboxylic acids is 1. The number of hydrogen-bond donors (Lipinski definition) is 1. The fraction of sp³-hybridized carbons (Fsp3) is 0.389. The second-order valence-electron chi connectivity index (χ2n) is 6.03. The lowest BCUT2D eigenvalue weighted by atomic mass is 10.1. The smallest absolute Gasteiger partial charge is 0.344 e. The largest absolute Gasteiger partial charge is 0.479 e. The Balaban J connectivity index is 1.71. The maximum absolute atomic E-state index is 12.2. The zero-order valence-electron chi connectivity index (χ0n) is 14.0. The minimum atomic E-state index is -1.02. The van der Waals surface area contributed by atoms with Crippen LogP contribution in [0.1, 0.15) is 31.7 Å². The van der Waals surface area contributed by atoms with Gasteiger partial charge in [-0.2, -0.15) is 4.99 Å². The van der Waals surface area contributed by atoms with Crippen LogP contribution in [0.25, 0.3) is 6.08 Å². The summed E-state index contributed by atoms with van der Waals surface area (Å²) in [5.74, 6) is -0.794. The van der Waals surface area contributed by atoms with E-state index in [9.17, 15) is 9.59 Å². The van der Waals surface area contributed by atoms with Crippen molar-refractivity contribution < 1.29 is 19.4 Å². The normalized spacial score (nSPS) is 20.5. The van der Waals surface area contributed by atoms with Crippen LogP contribution in [0.3, 0.4) is 0 Å². The molecule has 132 valence electrons. The molecular formula is C18H20N2O4S. The second kappa shape index (κ2) is 7.74. The highest BCUT2D eigenvalue weighted by molar-refractivity contribution is 8.18. The van der Waals surface area contributed by atoms with E-state index in [2.05, 4.69) is 9.89 Å². The van der Waals surface area contributed by atoms with Gasteiger partial charge in [0.2, 0.25) is 0 Å². The highest BCUT2D eigenvalue weighted by Gasteiger charge is 2.26. The number of rotatable bonds is 4. The Morgan fingerprint density at radius 3 is 2.84 bits per heavy atom. The predicted molar refractivity (Wildman–Crippen MR) is 97.6 cm³/mol. The van der Waals surface area contributed by atoms with Gasteiger partial charge in [-0.3, -0.25) is 4.79 Å². The third-order valence-corrected chi connectivity index (χ3v) is 5.10. The summed E-state index contributed by atoms with van der Waals surface area (Å²) in [5.41, 5.74) is 0.779. The van der Waals surface area contributed by atoms with Crippen LogP contribution in [-0.2, 0) is 9.59 Å². The van der Waals surface area contributed by atoms with E-state index in [0.29, 0.717) is 10.7 Å². The van der Waals surface area contributed by atoms with E-state index in [0.717, 1.165) is 36.7 Å². The first-order valence-corrected chi connectivity index (χ1v) is 9.11. The summed E-state index contributed by atoms with van der Waals surface area (Å²) < 4.78 is 5.37. The Morgan fingerprint density at radius 1 is 1.36 bits per heavy atom. The third kappa shape index (κ3) is 4.42. The van der Waals surface area contributed by atoms with Gasteiger partial charge in [-0.1, -0.05) is 12.1 Å². The summed E-state index contributed by atoms with van der Waals surface area (Å²) in [6, 6.07) is 7.03. The zero-order chi connectivity index (χ0) is 17.8. The number of likely N-dealkylation sites (tertiary alicyclic amines) is 1. The molecule has 1 aromatic rings. The quantitative estimate of drug-likeness (QED) is 0.832. The molecular weight excluding hydrogens is 340 g/mol. The van der Waals surface area contributed by atoms with E-state index >= 15 is 0 Å². The highest BCUT2D eigenvalue weighted by atomic mass is 32.2. The molecule has 25 heavy (non-hydrogen) atoms. The van der Waals surface area contributed by atoms with Gasteiger partial charge in [-0.15, -0.1) is 0 Å². The molecule has 0 radical (unpaired) electrons. The lowest BCUT2D eigenvalue weighted by Gasteiger charge is -2.27. The van der Waals surface area contributed by atoms with E-state index in [4.69, 9.17) is 9.84 Å². The number of thioether (sulfide) groups is 1. The molecule has 0 saturated carbocycles. The van der Waals surface area contributed by atoms with Gasteiger partial charge in [-0.05, 0) is 61.7 Å². The van der Waals surface area contributed by atoms with Gasteiger partial charge in [0, 0.05) is 13.1 Å². The van der Waals surface area contributed by atoms with Crippen molar-refractivity contribution in [3.8, 4) is 5.75 Å². The average Bonchev–Trinajstić information content (AvgIpc) is 2.96. The van der Waals surface area contributed by atoms with Crippen molar-refractivity contribution >= 4 is 34.9 Å². The van der Waals surface area contributed by atoms with Crippen LogP contribution < -0.4 is 4.74 Å². The molecule has 6 nitrogen and oxygen atoms in total. The molecule has 0 aromatic heterocycles. The lowest BCUT2D eigenvalue weighted by Crippen LogP contribution is -2.33. The van der Waals surface area contributed by atoms with Crippen molar-refractivity contribution in [2.45, 2.75) is 32.3 Å². The highest BCUT2D eigenvalue weighted by Crippen LogP contribution is 2.31. The second-order valence-corrected chi connectivity index (χ2v) is 7.04. The summed E-state index contributed by atoms with van der Waals surface area (Å²) in [7, 11) is 0. The van der Waals surface area contributed by atoms with Crippen molar-refractivity contribution in [2.75, 3.05) is 13.1 Å². The van der Waals surface area contributed by atoms with Crippen molar-refractivity contribution in [2.24, 2.45) is 4.99 Å². The first kappa shape index (κ1) is 17.5. The number of carbonyl (C=O) groups is 2. The van der Waals surface area contributed by atoms with Gasteiger partial charge in [0.15, 0.2) is 11.3 Å². The van der Waals surface area contributed by atoms with Crippen LogP contribution in [0, 0.1) is 0 Å². The van der Waals surface area contributed by atoms with Gasteiger partial charge in [0.05, 0.1) is 4.91 Å². The van der Waals surface area contributed by atoms with Crippen LogP contribution in [0.2, 0.25) is 0 Å². The summed E-state index contributed by atoms with van der Waals surface area (Å²) in [6.07, 6.45) is 4.33. The SMILES string of the molecule is C[C@@H](Oc1cccc(/C=C2/SC(N3CCCCC3)=NC2=O)c1)C(=O)O. The average molecular weight is 360 g/mol. The van der Waals surface area contributed by atoms with E-state index in [-0.39, 0.29) is 5.91 Å². The minimum absolute atomic E-state index is 0.226. The van der Waals surface area contributed by atoms with Crippen molar-refractivity contribution in [1.82, 2.24) is 4.90 Å². The minimum Gasteiger partial charge on any atom is -0.479 e. The van der Waals surface area contributed by atoms with E-state index in [1.165, 1.54) is 25.1 Å². The number of ether oxygens (including phenoxy) is 1. The summed E-state index contributed by atoms with van der Waals surface area (Å²) in [6.45, 7) is 3.37. The van der Waals surface area contributed by atoms with Crippen LogP contribution in [0.15, 0.2) is 34.2 Å². The number of piperidine rings is 1. The van der Waals surface area contributed by atoms with E-state index in [1.807, 2.05) is 6.07 Å². The molecule has 1 saturated heterocycles. The number of carboxylic acid groups (broad SMARTS) is 1. The fourth-order valence-electron chi connectivity index (χ4n) is 2.70. The number of hydrogen-bond acceptors (Lipinski definition) is 5. The van der Waals surface area contributed by atoms with E-state index < -0.39 is 12.1 Å². The number of aliphatic carboxylic acids is 1. The first-order chi connectivity index (χ1) is 12.0. The molecule has 0 aliphatic carbocycles. The molecule has 1 atom stereocenters. The summed E-state index contributed by atoms with van der Waals surface area (Å²) >= 11 is 1.40. The molecule has 1 aromatic carbocycles. The molecule has 7 heteroatoms. The van der Waals surface area contributed by atoms with Gasteiger partial charge in [0.25, 0.3) is 5.91 Å². The Kier molecular flexibility index (Phi) is 5.43. The number of carboxylic acids is 1. The van der Waals surface area contributed by atoms with Crippen LogP contribution in [-0.4, -0.2) is 46.2 Å². The third-order valence-electron chi connectivity index (χ3n) is 4.05. The molecule has 2 aliphatic heterocycles. The summed E-state index contributed by atoms with van der Waals surface area (Å²) in [4.78, 5) is 30.0. The van der Waals surface area contributed by atoms with Crippen LogP contribution in [0.5, 0.6) is 5.75 Å². The molecule has 1 N–H and O–H groups in total. The standard InChI is InChI=1S/C18H20N2O4S/c1-12(17(22)23)24-14-7-5-6-13(10-14)11-15-16(21)19-18(25-15)20-8-3-2-4-9-20/h5-7,10-12H,2-4,8-9H2,1H3,(H,22,23)/b15-11+/t12-/m1/s1. The number of amides is 1. The molecule has 0 spiro atoms. The zero-order valence-corrected chi connectivity index (χ0v) is 14.8. The van der Waals surface area contributed by atoms with Gasteiger partial charge >= 0.3 is 5.97 Å². The molecule has 1 amide bonds. The molecule has 2 heterocycles.